The SMILES string of the molecule is CCC(C)C(=O)Nc1cc(-c2c(-c3ccc(F)cc3)nn3c2OCCC3)ccn1. The van der Waals surface area contributed by atoms with Crippen molar-refractivity contribution in [3.8, 4) is 28.3 Å². The summed E-state index contributed by atoms with van der Waals surface area (Å²) < 4.78 is 21.2. The quantitative estimate of drug-likeness (QED) is 0.691. The zero-order valence-electron chi connectivity index (χ0n) is 16.5. The van der Waals surface area contributed by atoms with Crippen LogP contribution in [0.4, 0.5) is 10.2 Å². The number of hydrogen-bond donors (Lipinski definition) is 1. The molecule has 1 amide bonds. The van der Waals surface area contributed by atoms with Crippen molar-refractivity contribution < 1.29 is 13.9 Å². The van der Waals surface area contributed by atoms with Crippen molar-refractivity contribution in [3.05, 3.63) is 48.4 Å². The maximum atomic E-state index is 13.4. The fourth-order valence-corrected chi connectivity index (χ4v) is 3.29. The molecule has 1 N–H and O–H groups in total. The molecule has 1 unspecified atom stereocenters. The van der Waals surface area contributed by atoms with Crippen molar-refractivity contribution in [1.82, 2.24) is 14.8 Å². The first kappa shape index (κ1) is 19.1. The predicted octanol–water partition coefficient (Wildman–Crippen LogP) is 4.52. The Kier molecular flexibility index (Phi) is 5.29. The van der Waals surface area contributed by atoms with Crippen LogP contribution in [0.15, 0.2) is 42.6 Å². The molecule has 0 fully saturated rings. The molecule has 4 rings (SSSR count). The minimum atomic E-state index is -0.297. The molecule has 29 heavy (non-hydrogen) atoms. The molecule has 150 valence electrons. The van der Waals surface area contributed by atoms with Crippen LogP contribution in [0.5, 0.6) is 5.88 Å². The number of anilines is 1. The molecule has 0 bridgehead atoms. The first-order valence-electron chi connectivity index (χ1n) is 9.83. The number of nitrogens with one attached hydrogen (secondary N) is 1. The minimum absolute atomic E-state index is 0.0656. The van der Waals surface area contributed by atoms with Crippen LogP contribution in [0.1, 0.15) is 26.7 Å². The van der Waals surface area contributed by atoms with Gasteiger partial charge in [0.05, 0.1) is 12.2 Å². The largest absolute Gasteiger partial charge is 0.477 e. The summed E-state index contributed by atoms with van der Waals surface area (Å²) in [5.41, 5.74) is 3.17. The monoisotopic (exact) mass is 394 g/mol. The van der Waals surface area contributed by atoms with E-state index in [2.05, 4.69) is 10.3 Å². The molecule has 3 aromatic rings. The summed E-state index contributed by atoms with van der Waals surface area (Å²) in [6.45, 7) is 5.23. The second-order valence-electron chi connectivity index (χ2n) is 7.19. The van der Waals surface area contributed by atoms with Gasteiger partial charge in [0.15, 0.2) is 0 Å². The van der Waals surface area contributed by atoms with Crippen LogP contribution < -0.4 is 10.1 Å². The maximum absolute atomic E-state index is 13.4. The van der Waals surface area contributed by atoms with Crippen LogP contribution in [0.25, 0.3) is 22.4 Å². The molecule has 3 heterocycles. The first-order valence-corrected chi connectivity index (χ1v) is 9.83. The molecule has 0 saturated heterocycles. The molecule has 0 aliphatic carbocycles. The van der Waals surface area contributed by atoms with E-state index in [1.807, 2.05) is 30.7 Å². The van der Waals surface area contributed by atoms with E-state index in [9.17, 15) is 9.18 Å². The van der Waals surface area contributed by atoms with Gasteiger partial charge in [-0.3, -0.25) is 4.79 Å². The van der Waals surface area contributed by atoms with E-state index in [1.165, 1.54) is 12.1 Å². The molecule has 6 nitrogen and oxygen atoms in total. The van der Waals surface area contributed by atoms with Crippen molar-refractivity contribution in [2.24, 2.45) is 5.92 Å². The van der Waals surface area contributed by atoms with Crippen LogP contribution in [0.2, 0.25) is 0 Å². The summed E-state index contributed by atoms with van der Waals surface area (Å²) in [5.74, 6) is 0.704. The highest BCUT2D eigenvalue weighted by Crippen LogP contribution is 2.41. The fraction of sp³-hybridized carbons (Fsp3) is 0.318. The van der Waals surface area contributed by atoms with Crippen molar-refractivity contribution in [2.45, 2.75) is 33.2 Å². The molecule has 7 heteroatoms. The molecule has 1 aromatic carbocycles. The third-order valence-electron chi connectivity index (χ3n) is 5.14. The molecule has 1 aliphatic heterocycles. The highest BCUT2D eigenvalue weighted by atomic mass is 19.1. The van der Waals surface area contributed by atoms with E-state index in [0.717, 1.165) is 36.1 Å². The normalized spacial score (nSPS) is 14.0. The van der Waals surface area contributed by atoms with Crippen molar-refractivity contribution in [3.63, 3.8) is 0 Å². The predicted molar refractivity (Wildman–Crippen MR) is 109 cm³/mol. The van der Waals surface area contributed by atoms with Crippen molar-refractivity contribution in [2.75, 3.05) is 11.9 Å². The second kappa shape index (κ2) is 8.03. The number of benzene rings is 1. The molecule has 2 aromatic heterocycles. The van der Waals surface area contributed by atoms with Crippen molar-refractivity contribution in [1.29, 1.82) is 0 Å². The number of aryl methyl sites for hydroxylation is 1. The van der Waals surface area contributed by atoms with E-state index in [-0.39, 0.29) is 17.6 Å². The number of rotatable bonds is 5. The Morgan fingerprint density at radius 3 is 2.83 bits per heavy atom. The van der Waals surface area contributed by atoms with Gasteiger partial charge in [-0.2, -0.15) is 5.10 Å². The van der Waals surface area contributed by atoms with Crippen LogP contribution in [0, 0.1) is 11.7 Å². The summed E-state index contributed by atoms with van der Waals surface area (Å²) in [5, 5.41) is 7.59. The highest BCUT2D eigenvalue weighted by Gasteiger charge is 2.25. The van der Waals surface area contributed by atoms with Crippen LogP contribution in [-0.2, 0) is 11.3 Å². The van der Waals surface area contributed by atoms with Crippen LogP contribution >= 0.6 is 0 Å². The van der Waals surface area contributed by atoms with Gasteiger partial charge in [-0.15, -0.1) is 0 Å². The van der Waals surface area contributed by atoms with Gasteiger partial charge in [-0.05, 0) is 48.4 Å². The number of fused-ring (bicyclic) bond motifs is 1. The first-order chi connectivity index (χ1) is 14.1. The number of halogens is 1. The second-order valence-corrected chi connectivity index (χ2v) is 7.19. The lowest BCUT2D eigenvalue weighted by molar-refractivity contribution is -0.119. The zero-order chi connectivity index (χ0) is 20.4. The lowest BCUT2D eigenvalue weighted by atomic mass is 10.0. The Bertz CT molecular complexity index is 1030. The van der Waals surface area contributed by atoms with Crippen LogP contribution in [0.3, 0.4) is 0 Å². The van der Waals surface area contributed by atoms with E-state index in [4.69, 9.17) is 9.84 Å². The summed E-state index contributed by atoms with van der Waals surface area (Å²) in [6, 6.07) is 9.94. The number of hydrogen-bond acceptors (Lipinski definition) is 4. The van der Waals surface area contributed by atoms with Gasteiger partial charge in [0.25, 0.3) is 0 Å². The topological polar surface area (TPSA) is 69.0 Å². The molecule has 1 aliphatic rings. The summed E-state index contributed by atoms with van der Waals surface area (Å²) >= 11 is 0. The van der Waals surface area contributed by atoms with Gasteiger partial charge in [0, 0.05) is 30.6 Å². The Morgan fingerprint density at radius 2 is 2.07 bits per heavy atom. The smallest absolute Gasteiger partial charge is 0.228 e. The van der Waals surface area contributed by atoms with Gasteiger partial charge < -0.3 is 10.1 Å². The summed E-state index contributed by atoms with van der Waals surface area (Å²) in [7, 11) is 0. The molecular weight excluding hydrogens is 371 g/mol. The van der Waals surface area contributed by atoms with E-state index >= 15 is 0 Å². The number of carbonyl (C=O) groups excluding carboxylic acids is 1. The Morgan fingerprint density at radius 1 is 1.28 bits per heavy atom. The lowest BCUT2D eigenvalue weighted by Gasteiger charge is -2.16. The average Bonchev–Trinajstić information content (AvgIpc) is 3.13. The number of nitrogens with zero attached hydrogens (tertiary/aromatic N) is 3. The Hall–Kier alpha value is -3.22. The number of pyridine rings is 1. The molecule has 0 radical (unpaired) electrons. The van der Waals surface area contributed by atoms with Gasteiger partial charge in [0.2, 0.25) is 11.8 Å². The Balaban J connectivity index is 1.78. The molecule has 0 saturated carbocycles. The van der Waals surface area contributed by atoms with Gasteiger partial charge >= 0.3 is 0 Å². The number of ether oxygens (including phenoxy) is 1. The van der Waals surface area contributed by atoms with E-state index in [1.54, 1.807) is 18.3 Å². The number of amides is 1. The van der Waals surface area contributed by atoms with Crippen LogP contribution in [-0.4, -0.2) is 27.3 Å². The highest BCUT2D eigenvalue weighted by molar-refractivity contribution is 5.93. The third kappa shape index (κ3) is 3.85. The third-order valence-corrected chi connectivity index (χ3v) is 5.14. The summed E-state index contributed by atoms with van der Waals surface area (Å²) in [6.07, 6.45) is 3.29. The summed E-state index contributed by atoms with van der Waals surface area (Å²) in [4.78, 5) is 16.5. The Labute approximate surface area is 168 Å². The van der Waals surface area contributed by atoms with Gasteiger partial charge in [0.1, 0.15) is 17.3 Å². The standard InChI is InChI=1S/C22H23FN4O2/c1-3-14(2)21(28)25-18-13-16(9-10-24-18)19-20(15-5-7-17(23)8-6-15)26-27-11-4-12-29-22(19)27/h5-10,13-14H,3-4,11-12H2,1-2H3,(H,24,25,28). The van der Waals surface area contributed by atoms with Gasteiger partial charge in [-0.1, -0.05) is 13.8 Å². The van der Waals surface area contributed by atoms with Gasteiger partial charge in [-0.25, -0.2) is 14.1 Å². The molecular formula is C22H23FN4O2. The van der Waals surface area contributed by atoms with E-state index in [0.29, 0.717) is 24.0 Å². The number of aromatic nitrogens is 3. The fourth-order valence-electron chi connectivity index (χ4n) is 3.29. The molecule has 1 atom stereocenters. The molecule has 0 spiro atoms. The zero-order valence-corrected chi connectivity index (χ0v) is 16.5. The minimum Gasteiger partial charge on any atom is -0.477 e. The average molecular weight is 394 g/mol. The van der Waals surface area contributed by atoms with Crippen molar-refractivity contribution >= 4 is 11.7 Å². The number of carbonyl (C=O) groups is 1. The maximum Gasteiger partial charge on any atom is 0.228 e. The van der Waals surface area contributed by atoms with E-state index < -0.39 is 0 Å². The lowest BCUT2D eigenvalue weighted by Crippen LogP contribution is -2.20.